The van der Waals surface area contributed by atoms with E-state index < -0.39 is 5.92 Å². The second-order valence-electron chi connectivity index (χ2n) is 6.62. The molecule has 28 heavy (non-hydrogen) atoms. The monoisotopic (exact) mass is 384 g/mol. The molecule has 2 amide bonds. The quantitative estimate of drug-likeness (QED) is 0.828. The molecule has 0 radical (unpaired) electrons. The average molecular weight is 384 g/mol. The van der Waals surface area contributed by atoms with Gasteiger partial charge in [-0.05, 0) is 30.7 Å². The van der Waals surface area contributed by atoms with Crippen LogP contribution in [-0.2, 0) is 9.59 Å². The van der Waals surface area contributed by atoms with Crippen molar-refractivity contribution in [2.24, 2.45) is 5.92 Å². The molecule has 1 aliphatic heterocycles. The van der Waals surface area contributed by atoms with Crippen LogP contribution in [0.25, 0.3) is 0 Å². The lowest BCUT2D eigenvalue weighted by Crippen LogP contribution is -2.28. The number of aryl methyl sites for hydroxylation is 1. The van der Waals surface area contributed by atoms with E-state index in [1.54, 1.807) is 44.4 Å². The molecule has 1 unspecified atom stereocenters. The van der Waals surface area contributed by atoms with E-state index in [0.29, 0.717) is 29.5 Å². The lowest BCUT2D eigenvalue weighted by molar-refractivity contribution is -0.122. The molecule has 1 fully saturated rings. The van der Waals surface area contributed by atoms with Crippen LogP contribution in [0.2, 0.25) is 0 Å². The van der Waals surface area contributed by atoms with Gasteiger partial charge in [-0.25, -0.2) is 0 Å². The molecule has 1 N–H and O–H groups in total. The van der Waals surface area contributed by atoms with Gasteiger partial charge in [-0.3, -0.25) is 9.59 Å². The summed E-state index contributed by atoms with van der Waals surface area (Å²) >= 11 is 0. The van der Waals surface area contributed by atoms with Crippen LogP contribution in [0.5, 0.6) is 17.2 Å². The highest BCUT2D eigenvalue weighted by atomic mass is 16.5. The molecule has 0 saturated carbocycles. The van der Waals surface area contributed by atoms with Gasteiger partial charge in [0.05, 0.1) is 27.2 Å². The van der Waals surface area contributed by atoms with Gasteiger partial charge in [-0.15, -0.1) is 0 Å². The number of amides is 2. The van der Waals surface area contributed by atoms with Crippen molar-refractivity contribution >= 4 is 23.2 Å². The van der Waals surface area contributed by atoms with Crippen LogP contribution in [0.3, 0.4) is 0 Å². The summed E-state index contributed by atoms with van der Waals surface area (Å²) < 4.78 is 15.8. The number of nitrogens with zero attached hydrogens (tertiary/aromatic N) is 1. The summed E-state index contributed by atoms with van der Waals surface area (Å²) in [6, 6.07) is 10.8. The Kier molecular flexibility index (Phi) is 5.73. The fraction of sp³-hybridized carbons (Fsp3) is 0.333. The van der Waals surface area contributed by atoms with Crippen LogP contribution < -0.4 is 24.4 Å². The zero-order chi connectivity index (χ0) is 20.3. The smallest absolute Gasteiger partial charge is 0.229 e. The molecule has 1 aliphatic rings. The van der Waals surface area contributed by atoms with E-state index >= 15 is 0 Å². The molecule has 7 heteroatoms. The molecule has 148 valence electrons. The predicted molar refractivity (Wildman–Crippen MR) is 106 cm³/mol. The van der Waals surface area contributed by atoms with Gasteiger partial charge < -0.3 is 24.4 Å². The Morgan fingerprint density at radius 3 is 2.46 bits per heavy atom. The van der Waals surface area contributed by atoms with Crippen molar-refractivity contribution in [1.82, 2.24) is 0 Å². The first-order valence-corrected chi connectivity index (χ1v) is 8.94. The van der Waals surface area contributed by atoms with E-state index in [1.807, 2.05) is 25.1 Å². The maximum absolute atomic E-state index is 12.8. The number of hydrogen-bond acceptors (Lipinski definition) is 5. The molecule has 2 aromatic rings. The maximum Gasteiger partial charge on any atom is 0.229 e. The number of rotatable bonds is 6. The molecule has 7 nitrogen and oxygen atoms in total. The number of hydrogen-bond donors (Lipinski definition) is 1. The van der Waals surface area contributed by atoms with Gasteiger partial charge in [-0.2, -0.15) is 0 Å². The van der Waals surface area contributed by atoms with Crippen LogP contribution >= 0.6 is 0 Å². The van der Waals surface area contributed by atoms with Gasteiger partial charge in [0.15, 0.2) is 11.5 Å². The average Bonchev–Trinajstić information content (AvgIpc) is 3.11. The van der Waals surface area contributed by atoms with Crippen LogP contribution in [-0.4, -0.2) is 39.7 Å². The maximum atomic E-state index is 12.8. The van der Waals surface area contributed by atoms with Crippen molar-refractivity contribution < 1.29 is 23.8 Å². The van der Waals surface area contributed by atoms with E-state index in [9.17, 15) is 9.59 Å². The first-order valence-electron chi connectivity index (χ1n) is 8.94. The third-order valence-electron chi connectivity index (χ3n) is 4.85. The number of nitrogens with one attached hydrogen (secondary N) is 1. The first kappa shape index (κ1) is 19.5. The summed E-state index contributed by atoms with van der Waals surface area (Å²) in [5.41, 5.74) is 2.21. The highest BCUT2D eigenvalue weighted by molar-refractivity contribution is 6.03. The van der Waals surface area contributed by atoms with Crippen molar-refractivity contribution in [3.05, 3.63) is 42.0 Å². The van der Waals surface area contributed by atoms with Crippen LogP contribution in [0.15, 0.2) is 36.4 Å². The summed E-state index contributed by atoms with van der Waals surface area (Å²) in [5.74, 6) is 1.07. The van der Waals surface area contributed by atoms with Crippen LogP contribution in [0, 0.1) is 12.8 Å². The Hall–Kier alpha value is -3.22. The lowest BCUT2D eigenvalue weighted by Gasteiger charge is -2.18. The van der Waals surface area contributed by atoms with Crippen molar-refractivity contribution in [3.8, 4) is 17.2 Å². The Morgan fingerprint density at radius 2 is 1.79 bits per heavy atom. The molecule has 1 heterocycles. The molecule has 3 rings (SSSR count). The minimum atomic E-state index is -0.439. The highest BCUT2D eigenvalue weighted by Gasteiger charge is 2.35. The molecular formula is C21H24N2O5. The Balaban J connectivity index is 1.75. The second-order valence-corrected chi connectivity index (χ2v) is 6.62. The molecule has 1 atom stereocenters. The molecular weight excluding hydrogens is 360 g/mol. The van der Waals surface area contributed by atoms with E-state index in [0.717, 1.165) is 11.3 Å². The van der Waals surface area contributed by atoms with Gasteiger partial charge in [0, 0.05) is 36.5 Å². The zero-order valence-corrected chi connectivity index (χ0v) is 16.4. The first-order chi connectivity index (χ1) is 13.5. The van der Waals surface area contributed by atoms with Gasteiger partial charge in [0.2, 0.25) is 11.8 Å². The van der Waals surface area contributed by atoms with Gasteiger partial charge >= 0.3 is 0 Å². The third-order valence-corrected chi connectivity index (χ3v) is 4.85. The van der Waals surface area contributed by atoms with Crippen LogP contribution in [0.1, 0.15) is 12.0 Å². The number of ether oxygens (including phenoxy) is 3. The van der Waals surface area contributed by atoms with E-state index in [2.05, 4.69) is 5.32 Å². The van der Waals surface area contributed by atoms with E-state index in [-0.39, 0.29) is 18.2 Å². The molecule has 1 saturated heterocycles. The predicted octanol–water partition coefficient (Wildman–Crippen LogP) is 3.01. The fourth-order valence-electron chi connectivity index (χ4n) is 3.26. The minimum absolute atomic E-state index is 0.0857. The molecule has 0 spiro atoms. The Bertz CT molecular complexity index is 896. The summed E-state index contributed by atoms with van der Waals surface area (Å²) in [4.78, 5) is 26.9. The molecule has 0 aromatic heterocycles. The number of carbonyl (C=O) groups excluding carboxylic acids is 2. The minimum Gasteiger partial charge on any atom is -0.497 e. The highest BCUT2D eigenvalue weighted by Crippen LogP contribution is 2.34. The number of carbonyl (C=O) groups is 2. The summed E-state index contributed by atoms with van der Waals surface area (Å²) in [5, 5.41) is 2.92. The number of methoxy groups -OCH3 is 3. The lowest BCUT2D eigenvalue weighted by atomic mass is 10.1. The molecule has 0 aliphatic carbocycles. The summed E-state index contributed by atoms with van der Waals surface area (Å²) in [7, 11) is 4.68. The van der Waals surface area contributed by atoms with Gasteiger partial charge in [0.1, 0.15) is 5.75 Å². The Morgan fingerprint density at radius 1 is 1.07 bits per heavy atom. The SMILES string of the molecule is COc1cccc(N2CC(C(=O)Nc3cc(OC)c(OC)cc3C)CC2=O)c1. The Labute approximate surface area is 164 Å². The number of anilines is 2. The topological polar surface area (TPSA) is 77.1 Å². The van der Waals surface area contributed by atoms with Gasteiger partial charge in [0.25, 0.3) is 0 Å². The van der Waals surface area contributed by atoms with Gasteiger partial charge in [-0.1, -0.05) is 6.07 Å². The molecule has 2 aromatic carbocycles. The standard InChI is InChI=1S/C21H24N2O5/c1-13-8-18(27-3)19(28-4)11-17(13)22-21(25)14-9-20(24)23(12-14)15-6-5-7-16(10-15)26-2/h5-8,10-11,14H,9,12H2,1-4H3,(H,22,25). The van der Waals surface area contributed by atoms with Crippen molar-refractivity contribution in [2.75, 3.05) is 38.1 Å². The normalized spacial score (nSPS) is 16.1. The molecule has 0 bridgehead atoms. The third kappa shape index (κ3) is 3.88. The van der Waals surface area contributed by atoms with Crippen molar-refractivity contribution in [1.29, 1.82) is 0 Å². The van der Waals surface area contributed by atoms with Crippen molar-refractivity contribution in [2.45, 2.75) is 13.3 Å². The summed E-state index contributed by atoms with van der Waals surface area (Å²) in [6.45, 7) is 2.20. The second kappa shape index (κ2) is 8.21. The van der Waals surface area contributed by atoms with Crippen LogP contribution in [0.4, 0.5) is 11.4 Å². The number of benzene rings is 2. The van der Waals surface area contributed by atoms with E-state index in [4.69, 9.17) is 14.2 Å². The largest absolute Gasteiger partial charge is 0.497 e. The van der Waals surface area contributed by atoms with Crippen molar-refractivity contribution in [3.63, 3.8) is 0 Å². The van der Waals surface area contributed by atoms with E-state index in [1.165, 1.54) is 0 Å². The summed E-state index contributed by atoms with van der Waals surface area (Å²) in [6.07, 6.45) is 0.162. The zero-order valence-electron chi connectivity index (χ0n) is 16.4. The fourth-order valence-corrected chi connectivity index (χ4v) is 3.26.